The molecule has 1 atom stereocenters. The fourth-order valence-corrected chi connectivity index (χ4v) is 1.38. The van der Waals surface area contributed by atoms with Crippen molar-refractivity contribution in [2.75, 3.05) is 11.1 Å². The molecule has 84 valence electrons. The number of anilines is 2. The largest absolute Gasteiger partial charge is 0.382 e. The molecule has 0 aliphatic rings. The molecule has 0 aliphatic heterocycles. The van der Waals surface area contributed by atoms with Crippen LogP contribution in [0.3, 0.4) is 0 Å². The van der Waals surface area contributed by atoms with E-state index >= 15 is 0 Å². The topological polar surface area (TPSA) is 50.9 Å². The highest BCUT2D eigenvalue weighted by Gasteiger charge is 2.11. The van der Waals surface area contributed by atoms with Crippen LogP contribution >= 0.6 is 23.2 Å². The van der Waals surface area contributed by atoms with Crippen molar-refractivity contribution in [3.63, 3.8) is 0 Å². The van der Waals surface area contributed by atoms with Crippen molar-refractivity contribution in [3.8, 4) is 0 Å². The first-order valence-electron chi connectivity index (χ1n) is 4.80. The Morgan fingerprint density at radius 2 is 1.87 bits per heavy atom. The van der Waals surface area contributed by atoms with Gasteiger partial charge in [-0.25, -0.2) is 4.98 Å². The van der Waals surface area contributed by atoms with Gasteiger partial charge >= 0.3 is 0 Å². The van der Waals surface area contributed by atoms with E-state index in [0.29, 0.717) is 27.6 Å². The molecule has 1 unspecified atom stereocenters. The van der Waals surface area contributed by atoms with Crippen molar-refractivity contribution in [2.45, 2.75) is 26.8 Å². The lowest BCUT2D eigenvalue weighted by Gasteiger charge is -2.19. The van der Waals surface area contributed by atoms with Crippen molar-refractivity contribution in [3.05, 3.63) is 16.1 Å². The number of nitrogen functional groups attached to an aromatic ring is 1. The summed E-state index contributed by atoms with van der Waals surface area (Å²) >= 11 is 11.8. The molecule has 0 saturated carbocycles. The molecule has 5 heteroatoms. The molecule has 0 spiro atoms. The molecule has 0 aromatic carbocycles. The lowest BCUT2D eigenvalue weighted by Crippen LogP contribution is -2.22. The first-order valence-corrected chi connectivity index (χ1v) is 5.55. The molecule has 0 bridgehead atoms. The Hall–Kier alpha value is -0.670. The summed E-state index contributed by atoms with van der Waals surface area (Å²) in [6, 6.07) is 1.87. The van der Waals surface area contributed by atoms with Crippen molar-refractivity contribution in [1.82, 2.24) is 4.98 Å². The van der Waals surface area contributed by atoms with E-state index in [1.165, 1.54) is 0 Å². The van der Waals surface area contributed by atoms with Crippen LogP contribution in [0.15, 0.2) is 6.07 Å². The van der Waals surface area contributed by atoms with Crippen molar-refractivity contribution >= 4 is 34.8 Å². The van der Waals surface area contributed by atoms with Gasteiger partial charge in [0.1, 0.15) is 11.6 Å². The number of hydrogen-bond donors (Lipinski definition) is 2. The number of nitrogens with zero attached hydrogens (tertiary/aromatic N) is 1. The lowest BCUT2D eigenvalue weighted by molar-refractivity contribution is 0.558. The number of nitrogens with two attached hydrogens (primary N) is 1. The van der Waals surface area contributed by atoms with Gasteiger partial charge in [0, 0.05) is 6.04 Å². The van der Waals surface area contributed by atoms with Crippen LogP contribution in [-0.2, 0) is 0 Å². The van der Waals surface area contributed by atoms with Gasteiger partial charge in [-0.15, -0.1) is 0 Å². The maximum Gasteiger partial charge on any atom is 0.147 e. The van der Waals surface area contributed by atoms with E-state index in [0.717, 1.165) is 0 Å². The zero-order chi connectivity index (χ0) is 11.6. The summed E-state index contributed by atoms with van der Waals surface area (Å²) in [7, 11) is 0. The van der Waals surface area contributed by atoms with E-state index in [-0.39, 0.29) is 6.04 Å². The summed E-state index contributed by atoms with van der Waals surface area (Å²) in [4.78, 5) is 4.10. The van der Waals surface area contributed by atoms with Crippen LogP contribution in [0.1, 0.15) is 20.8 Å². The second kappa shape index (κ2) is 4.90. The van der Waals surface area contributed by atoms with E-state index in [2.05, 4.69) is 31.1 Å². The SMILES string of the molecule is CC(C)C(C)Nc1nc(N)c(Cl)cc1Cl. The highest BCUT2D eigenvalue weighted by molar-refractivity contribution is 6.37. The molecule has 3 N–H and O–H groups in total. The minimum atomic E-state index is 0.274. The normalized spacial score (nSPS) is 12.9. The quantitative estimate of drug-likeness (QED) is 0.861. The molecular formula is C10H15Cl2N3. The maximum atomic E-state index is 5.99. The van der Waals surface area contributed by atoms with Gasteiger partial charge in [-0.1, -0.05) is 37.0 Å². The molecule has 1 heterocycles. The number of pyridine rings is 1. The Balaban J connectivity index is 2.91. The minimum Gasteiger partial charge on any atom is -0.382 e. The van der Waals surface area contributed by atoms with Gasteiger partial charge < -0.3 is 11.1 Å². The monoisotopic (exact) mass is 247 g/mol. The third-order valence-corrected chi connectivity index (χ3v) is 2.91. The number of rotatable bonds is 3. The molecule has 0 fully saturated rings. The Kier molecular flexibility index (Phi) is 4.05. The molecule has 1 rings (SSSR count). The first-order chi connectivity index (χ1) is 6.91. The third-order valence-electron chi connectivity index (χ3n) is 2.32. The smallest absolute Gasteiger partial charge is 0.147 e. The van der Waals surface area contributed by atoms with Crippen LogP contribution in [0, 0.1) is 5.92 Å². The predicted octanol–water partition coefficient (Wildman–Crippen LogP) is 3.43. The highest BCUT2D eigenvalue weighted by atomic mass is 35.5. The second-order valence-electron chi connectivity index (χ2n) is 3.86. The molecule has 1 aromatic heterocycles. The zero-order valence-electron chi connectivity index (χ0n) is 9.01. The number of aromatic nitrogens is 1. The predicted molar refractivity (Wildman–Crippen MR) is 66.6 cm³/mol. The molecule has 0 saturated heterocycles. The Labute approximate surface area is 100.0 Å². The standard InChI is InChI=1S/C10H15Cl2N3/c1-5(2)6(3)14-10-8(12)4-7(11)9(13)15-10/h4-6H,1-3H3,(H3,13,14,15). The van der Waals surface area contributed by atoms with E-state index < -0.39 is 0 Å². The summed E-state index contributed by atoms with van der Waals surface area (Å²) in [6.07, 6.45) is 0. The molecular weight excluding hydrogens is 233 g/mol. The number of halogens is 2. The third kappa shape index (κ3) is 3.14. The van der Waals surface area contributed by atoms with Gasteiger partial charge in [0.2, 0.25) is 0 Å². The molecule has 3 nitrogen and oxygen atoms in total. The van der Waals surface area contributed by atoms with Gasteiger partial charge in [-0.2, -0.15) is 0 Å². The summed E-state index contributed by atoms with van der Waals surface area (Å²) in [5.41, 5.74) is 5.60. The summed E-state index contributed by atoms with van der Waals surface area (Å²) in [6.45, 7) is 6.29. The highest BCUT2D eigenvalue weighted by Crippen LogP contribution is 2.28. The first kappa shape index (κ1) is 12.4. The minimum absolute atomic E-state index is 0.274. The van der Waals surface area contributed by atoms with Gasteiger partial charge in [0.25, 0.3) is 0 Å². The number of hydrogen-bond acceptors (Lipinski definition) is 3. The van der Waals surface area contributed by atoms with Crippen molar-refractivity contribution < 1.29 is 0 Å². The second-order valence-corrected chi connectivity index (χ2v) is 4.68. The molecule has 0 radical (unpaired) electrons. The van der Waals surface area contributed by atoms with E-state index in [4.69, 9.17) is 28.9 Å². The summed E-state index contributed by atoms with van der Waals surface area (Å²) < 4.78 is 0. The zero-order valence-corrected chi connectivity index (χ0v) is 10.5. The fraction of sp³-hybridized carbons (Fsp3) is 0.500. The van der Waals surface area contributed by atoms with Gasteiger partial charge in [-0.05, 0) is 18.9 Å². The van der Waals surface area contributed by atoms with Crippen LogP contribution in [0.2, 0.25) is 10.0 Å². The maximum absolute atomic E-state index is 5.99. The lowest BCUT2D eigenvalue weighted by atomic mass is 10.1. The Bertz CT molecular complexity index is 353. The Morgan fingerprint density at radius 3 is 2.40 bits per heavy atom. The van der Waals surface area contributed by atoms with Crippen LogP contribution in [0.5, 0.6) is 0 Å². The van der Waals surface area contributed by atoms with Crippen molar-refractivity contribution in [1.29, 1.82) is 0 Å². The van der Waals surface area contributed by atoms with E-state index in [1.807, 2.05) is 0 Å². The van der Waals surface area contributed by atoms with E-state index in [1.54, 1.807) is 6.07 Å². The van der Waals surface area contributed by atoms with Crippen LogP contribution < -0.4 is 11.1 Å². The number of nitrogens with one attached hydrogen (secondary N) is 1. The molecule has 0 aliphatic carbocycles. The molecule has 1 aromatic rings. The van der Waals surface area contributed by atoms with Crippen LogP contribution in [0.4, 0.5) is 11.6 Å². The molecule has 0 amide bonds. The summed E-state index contributed by atoms with van der Waals surface area (Å²) in [5, 5.41) is 4.06. The summed E-state index contributed by atoms with van der Waals surface area (Å²) in [5.74, 6) is 1.36. The van der Waals surface area contributed by atoms with E-state index in [9.17, 15) is 0 Å². The van der Waals surface area contributed by atoms with Crippen molar-refractivity contribution in [2.24, 2.45) is 5.92 Å². The molecule has 15 heavy (non-hydrogen) atoms. The van der Waals surface area contributed by atoms with Crippen LogP contribution in [0.25, 0.3) is 0 Å². The average molecular weight is 248 g/mol. The van der Waals surface area contributed by atoms with Gasteiger partial charge in [0.05, 0.1) is 10.0 Å². The Morgan fingerprint density at radius 1 is 1.27 bits per heavy atom. The average Bonchev–Trinajstić information content (AvgIpc) is 2.13. The van der Waals surface area contributed by atoms with Gasteiger partial charge in [0.15, 0.2) is 0 Å². The van der Waals surface area contributed by atoms with Crippen LogP contribution in [-0.4, -0.2) is 11.0 Å². The fourth-order valence-electron chi connectivity index (χ4n) is 0.964. The van der Waals surface area contributed by atoms with Gasteiger partial charge in [-0.3, -0.25) is 0 Å².